The van der Waals surface area contributed by atoms with Gasteiger partial charge in [0.15, 0.2) is 0 Å². The predicted molar refractivity (Wildman–Crippen MR) is 68.4 cm³/mol. The van der Waals surface area contributed by atoms with Gasteiger partial charge in [0, 0.05) is 6.54 Å². The maximum atomic E-state index is 11.2. The van der Waals surface area contributed by atoms with Crippen molar-refractivity contribution < 1.29 is 13.6 Å². The van der Waals surface area contributed by atoms with E-state index in [0.717, 1.165) is 0 Å². The number of carbonyl (C=O) groups excluding carboxylic acids is 1. The first-order valence-electron chi connectivity index (χ1n) is 4.95. The lowest BCUT2D eigenvalue weighted by molar-refractivity contribution is 0.100. The standard InChI is InChI=1S/C10H13ClN2O3S/c1-2-6-13(17(15)16)8-5-3-4-7(9(8)11)10(12)14/h3-5H,2,6H2,1H3,(H2,12,14)(H,15,16). The van der Waals surface area contributed by atoms with Gasteiger partial charge in [0.1, 0.15) is 0 Å². The van der Waals surface area contributed by atoms with E-state index in [-0.39, 0.29) is 10.6 Å². The van der Waals surface area contributed by atoms with Crippen LogP contribution in [0.3, 0.4) is 0 Å². The summed E-state index contributed by atoms with van der Waals surface area (Å²) in [6.45, 7) is 2.22. The molecular formula is C10H13ClN2O3S. The number of benzene rings is 1. The topological polar surface area (TPSA) is 83.6 Å². The Balaban J connectivity index is 3.24. The quantitative estimate of drug-likeness (QED) is 0.804. The van der Waals surface area contributed by atoms with E-state index in [1.54, 1.807) is 12.1 Å². The van der Waals surface area contributed by atoms with E-state index in [4.69, 9.17) is 17.3 Å². The van der Waals surface area contributed by atoms with E-state index in [9.17, 15) is 13.6 Å². The van der Waals surface area contributed by atoms with E-state index in [1.165, 1.54) is 10.4 Å². The van der Waals surface area contributed by atoms with Gasteiger partial charge in [0.05, 0.1) is 16.3 Å². The molecule has 0 aliphatic rings. The van der Waals surface area contributed by atoms with Gasteiger partial charge in [0.25, 0.3) is 11.3 Å². The predicted octanol–water partition coefficient (Wildman–Crippen LogP) is 1.79. The van der Waals surface area contributed by atoms with E-state index in [0.29, 0.717) is 18.7 Å². The fraction of sp³-hybridized carbons (Fsp3) is 0.300. The average Bonchev–Trinajstić information content (AvgIpc) is 2.26. The van der Waals surface area contributed by atoms with Gasteiger partial charge in [0.2, 0.25) is 5.91 Å². The number of rotatable bonds is 5. The Hall–Kier alpha value is -1.11. The Labute approximate surface area is 107 Å². The molecule has 94 valence electrons. The number of anilines is 1. The maximum absolute atomic E-state index is 11.2. The van der Waals surface area contributed by atoms with Crippen LogP contribution in [0.25, 0.3) is 0 Å². The van der Waals surface area contributed by atoms with Crippen LogP contribution < -0.4 is 10.0 Å². The van der Waals surface area contributed by atoms with Crippen LogP contribution in [0.15, 0.2) is 18.2 Å². The van der Waals surface area contributed by atoms with E-state index in [2.05, 4.69) is 0 Å². The minimum Gasteiger partial charge on any atom is -0.366 e. The summed E-state index contributed by atoms with van der Waals surface area (Å²) in [5.74, 6) is -0.669. The second-order valence-electron chi connectivity index (χ2n) is 3.34. The van der Waals surface area contributed by atoms with Gasteiger partial charge in [-0.05, 0) is 18.6 Å². The van der Waals surface area contributed by atoms with Crippen LogP contribution in [0.5, 0.6) is 0 Å². The molecule has 1 amide bonds. The first-order valence-corrected chi connectivity index (χ1v) is 6.40. The first-order chi connectivity index (χ1) is 7.99. The molecule has 3 N–H and O–H groups in total. The highest BCUT2D eigenvalue weighted by Crippen LogP contribution is 2.29. The molecule has 1 rings (SSSR count). The van der Waals surface area contributed by atoms with Crippen LogP contribution in [-0.4, -0.2) is 21.2 Å². The minimum atomic E-state index is -2.19. The summed E-state index contributed by atoms with van der Waals surface area (Å²) < 4.78 is 21.6. The SMILES string of the molecule is CCCN(c1cccc(C(N)=O)c1Cl)S(=O)O. The summed E-state index contributed by atoms with van der Waals surface area (Å²) >= 11 is 3.80. The molecule has 0 aliphatic carbocycles. The Morgan fingerprint density at radius 2 is 2.24 bits per heavy atom. The number of primary amides is 1. The van der Waals surface area contributed by atoms with Crippen LogP contribution >= 0.6 is 11.6 Å². The molecule has 0 radical (unpaired) electrons. The van der Waals surface area contributed by atoms with Gasteiger partial charge in [-0.25, -0.2) is 4.21 Å². The summed E-state index contributed by atoms with van der Waals surface area (Å²) in [4.78, 5) is 11.1. The average molecular weight is 277 g/mol. The monoisotopic (exact) mass is 276 g/mol. The maximum Gasteiger partial charge on any atom is 0.261 e. The molecule has 17 heavy (non-hydrogen) atoms. The van der Waals surface area contributed by atoms with Crippen molar-refractivity contribution in [2.24, 2.45) is 5.73 Å². The molecule has 1 aromatic carbocycles. The molecule has 0 aromatic heterocycles. The molecule has 0 saturated heterocycles. The third-order valence-electron chi connectivity index (χ3n) is 2.13. The lowest BCUT2D eigenvalue weighted by Crippen LogP contribution is -2.27. The fourth-order valence-corrected chi connectivity index (χ4v) is 2.42. The highest BCUT2D eigenvalue weighted by molar-refractivity contribution is 7.80. The minimum absolute atomic E-state index is 0.0934. The molecule has 0 saturated carbocycles. The van der Waals surface area contributed by atoms with E-state index >= 15 is 0 Å². The zero-order valence-corrected chi connectivity index (χ0v) is 10.8. The number of amides is 1. The summed E-state index contributed by atoms with van der Waals surface area (Å²) in [6.07, 6.45) is 0.670. The van der Waals surface area contributed by atoms with E-state index in [1.807, 2.05) is 6.92 Å². The number of hydrogen-bond acceptors (Lipinski definition) is 2. The van der Waals surface area contributed by atoms with Crippen LogP contribution in [0.1, 0.15) is 23.7 Å². The van der Waals surface area contributed by atoms with Gasteiger partial charge in [-0.1, -0.05) is 24.6 Å². The van der Waals surface area contributed by atoms with Gasteiger partial charge >= 0.3 is 0 Å². The van der Waals surface area contributed by atoms with Crippen LogP contribution in [0.2, 0.25) is 5.02 Å². The highest BCUT2D eigenvalue weighted by Gasteiger charge is 2.18. The molecule has 0 spiro atoms. The summed E-state index contributed by atoms with van der Waals surface area (Å²) in [6, 6.07) is 4.61. The first kappa shape index (κ1) is 14.0. The normalized spacial score (nSPS) is 12.2. The molecule has 1 atom stereocenters. The van der Waals surface area contributed by atoms with Gasteiger partial charge in [-0.15, -0.1) is 0 Å². The number of nitrogens with zero attached hydrogens (tertiary/aromatic N) is 1. The highest BCUT2D eigenvalue weighted by atomic mass is 35.5. The van der Waals surface area contributed by atoms with Crippen LogP contribution in [0, 0.1) is 0 Å². The van der Waals surface area contributed by atoms with Crippen molar-refractivity contribution in [3.8, 4) is 0 Å². The number of halogens is 1. The van der Waals surface area contributed by atoms with E-state index < -0.39 is 17.2 Å². The molecule has 0 heterocycles. The molecule has 1 aromatic rings. The molecular weight excluding hydrogens is 264 g/mol. The largest absolute Gasteiger partial charge is 0.366 e. The number of carbonyl (C=O) groups is 1. The fourth-order valence-electron chi connectivity index (χ4n) is 1.39. The molecule has 0 aliphatic heterocycles. The second kappa shape index (κ2) is 6.00. The van der Waals surface area contributed by atoms with Crippen molar-refractivity contribution in [1.82, 2.24) is 0 Å². The Morgan fingerprint density at radius 1 is 1.59 bits per heavy atom. The van der Waals surface area contributed by atoms with Crippen molar-refractivity contribution >= 4 is 34.5 Å². The van der Waals surface area contributed by atoms with Crippen molar-refractivity contribution in [3.63, 3.8) is 0 Å². The molecule has 0 bridgehead atoms. The molecule has 0 fully saturated rings. The molecule has 7 heteroatoms. The Morgan fingerprint density at radius 3 is 2.71 bits per heavy atom. The Bertz CT molecular complexity index is 453. The number of nitrogens with two attached hydrogens (primary N) is 1. The van der Waals surface area contributed by atoms with Crippen molar-refractivity contribution in [2.45, 2.75) is 13.3 Å². The number of hydrogen-bond donors (Lipinski definition) is 2. The van der Waals surface area contributed by atoms with Crippen molar-refractivity contribution in [2.75, 3.05) is 10.8 Å². The van der Waals surface area contributed by atoms with Gasteiger partial charge in [-0.2, -0.15) is 0 Å². The van der Waals surface area contributed by atoms with Gasteiger partial charge < -0.3 is 5.73 Å². The van der Waals surface area contributed by atoms with Gasteiger partial charge in [-0.3, -0.25) is 13.7 Å². The van der Waals surface area contributed by atoms with Crippen LogP contribution in [0.4, 0.5) is 5.69 Å². The lowest BCUT2D eigenvalue weighted by Gasteiger charge is -2.21. The summed E-state index contributed by atoms with van der Waals surface area (Å²) in [5.41, 5.74) is 5.61. The zero-order valence-electron chi connectivity index (χ0n) is 9.22. The second-order valence-corrected chi connectivity index (χ2v) is 4.62. The molecule has 1 unspecified atom stereocenters. The Kier molecular flexibility index (Phi) is 4.92. The summed E-state index contributed by atoms with van der Waals surface area (Å²) in [5, 5.41) is 0.0934. The lowest BCUT2D eigenvalue weighted by atomic mass is 10.2. The third kappa shape index (κ3) is 3.18. The van der Waals surface area contributed by atoms with Crippen LogP contribution in [-0.2, 0) is 11.3 Å². The smallest absolute Gasteiger partial charge is 0.261 e. The summed E-state index contributed by atoms with van der Waals surface area (Å²) in [7, 11) is 0. The van der Waals surface area contributed by atoms with Crippen molar-refractivity contribution in [1.29, 1.82) is 0 Å². The van der Waals surface area contributed by atoms with Crippen molar-refractivity contribution in [3.05, 3.63) is 28.8 Å². The third-order valence-corrected chi connectivity index (χ3v) is 3.28. The molecule has 5 nitrogen and oxygen atoms in total. The zero-order chi connectivity index (χ0) is 13.0.